The summed E-state index contributed by atoms with van der Waals surface area (Å²) >= 11 is 0. The Labute approximate surface area is 87.8 Å². The molecule has 0 N–H and O–H groups in total. The van der Waals surface area contributed by atoms with Gasteiger partial charge in [0.15, 0.2) is 0 Å². The van der Waals surface area contributed by atoms with Crippen LogP contribution < -0.4 is 0 Å². The second kappa shape index (κ2) is 3.05. The fraction of sp³-hybridized carbons (Fsp3) is 0.500. The second-order valence-corrected chi connectivity index (χ2v) is 4.43. The van der Waals surface area contributed by atoms with E-state index in [2.05, 4.69) is 6.08 Å². The van der Waals surface area contributed by atoms with E-state index in [1.807, 2.05) is 12.2 Å². The summed E-state index contributed by atoms with van der Waals surface area (Å²) in [5.41, 5.74) is 1.12. The summed E-state index contributed by atoms with van der Waals surface area (Å²) in [5.74, 6) is -0.683. The molecule has 3 nitrogen and oxygen atoms in total. The minimum absolute atomic E-state index is 0.202. The van der Waals surface area contributed by atoms with Gasteiger partial charge in [0, 0.05) is 0 Å². The third-order valence-electron chi connectivity index (χ3n) is 3.66. The highest BCUT2D eigenvalue weighted by atomic mass is 16.6. The first-order chi connectivity index (χ1) is 7.27. The van der Waals surface area contributed by atoms with Crippen molar-refractivity contribution in [2.75, 3.05) is 0 Å². The van der Waals surface area contributed by atoms with Gasteiger partial charge in [0.25, 0.3) is 0 Å². The topological polar surface area (TPSA) is 43.4 Å². The molecule has 3 atom stereocenters. The van der Waals surface area contributed by atoms with Crippen LogP contribution in [0.3, 0.4) is 0 Å². The van der Waals surface area contributed by atoms with Crippen LogP contribution in [0.2, 0.25) is 0 Å². The number of hydrogen-bond acceptors (Lipinski definition) is 3. The van der Waals surface area contributed by atoms with E-state index >= 15 is 0 Å². The Morgan fingerprint density at radius 2 is 2.07 bits per heavy atom. The standard InChI is InChI=1S/C12H12O3/c13-11-9-6-5-7-3-1-2-4-8(7)10(9)12(14)15-11/h1-2,4,7,9-10H,3,5-6H2. The molecule has 78 valence electrons. The van der Waals surface area contributed by atoms with E-state index in [0.717, 1.165) is 24.8 Å². The van der Waals surface area contributed by atoms with Gasteiger partial charge in [-0.05, 0) is 25.2 Å². The summed E-state index contributed by atoms with van der Waals surface area (Å²) in [6, 6.07) is 0. The quantitative estimate of drug-likeness (QED) is 0.444. The van der Waals surface area contributed by atoms with Gasteiger partial charge < -0.3 is 4.74 Å². The molecule has 0 radical (unpaired) electrons. The fourth-order valence-corrected chi connectivity index (χ4v) is 2.91. The molecule has 0 amide bonds. The number of carbonyl (C=O) groups is 2. The lowest BCUT2D eigenvalue weighted by atomic mass is 9.69. The summed E-state index contributed by atoms with van der Waals surface area (Å²) in [4.78, 5) is 23.0. The Morgan fingerprint density at radius 3 is 2.93 bits per heavy atom. The molecule has 3 aliphatic rings. The van der Waals surface area contributed by atoms with E-state index in [4.69, 9.17) is 4.74 Å². The molecule has 2 fully saturated rings. The first-order valence-corrected chi connectivity index (χ1v) is 5.39. The average Bonchev–Trinajstić information content (AvgIpc) is 2.55. The van der Waals surface area contributed by atoms with Crippen LogP contribution in [0, 0.1) is 17.8 Å². The van der Waals surface area contributed by atoms with Gasteiger partial charge >= 0.3 is 11.9 Å². The number of fused-ring (bicyclic) bond motifs is 3. The van der Waals surface area contributed by atoms with Crippen LogP contribution in [0.1, 0.15) is 19.3 Å². The molecule has 15 heavy (non-hydrogen) atoms. The fourth-order valence-electron chi connectivity index (χ4n) is 2.91. The largest absolute Gasteiger partial charge is 0.392 e. The smallest absolute Gasteiger partial charge is 0.321 e. The van der Waals surface area contributed by atoms with Crippen molar-refractivity contribution < 1.29 is 14.3 Å². The van der Waals surface area contributed by atoms with Crippen LogP contribution in [0.4, 0.5) is 0 Å². The zero-order valence-corrected chi connectivity index (χ0v) is 8.31. The van der Waals surface area contributed by atoms with Crippen LogP contribution in [0.5, 0.6) is 0 Å². The molecule has 0 bridgehead atoms. The Kier molecular flexibility index (Phi) is 1.81. The number of rotatable bonds is 0. The Balaban J connectivity index is 2.01. The van der Waals surface area contributed by atoms with Gasteiger partial charge in [-0.2, -0.15) is 0 Å². The maximum atomic E-state index is 11.6. The molecule has 3 heteroatoms. The zero-order valence-electron chi connectivity index (χ0n) is 8.31. The van der Waals surface area contributed by atoms with Gasteiger partial charge in [0.2, 0.25) is 0 Å². The van der Waals surface area contributed by atoms with E-state index < -0.39 is 0 Å². The van der Waals surface area contributed by atoms with Crippen molar-refractivity contribution >= 4 is 11.9 Å². The van der Waals surface area contributed by atoms with E-state index in [-0.39, 0.29) is 23.8 Å². The monoisotopic (exact) mass is 204 g/mol. The molecule has 0 aromatic carbocycles. The lowest BCUT2D eigenvalue weighted by Crippen LogP contribution is -2.30. The van der Waals surface area contributed by atoms with Crippen molar-refractivity contribution in [3.63, 3.8) is 0 Å². The predicted molar refractivity (Wildman–Crippen MR) is 52.6 cm³/mol. The van der Waals surface area contributed by atoms with Gasteiger partial charge in [-0.3, -0.25) is 9.59 Å². The second-order valence-electron chi connectivity index (χ2n) is 4.43. The number of cyclic esters (lactones) is 2. The lowest BCUT2D eigenvalue weighted by Gasteiger charge is -2.31. The molecule has 1 saturated heterocycles. The molecule has 0 aromatic rings. The molecule has 1 aliphatic heterocycles. The molecule has 0 spiro atoms. The third-order valence-corrected chi connectivity index (χ3v) is 3.66. The van der Waals surface area contributed by atoms with Gasteiger partial charge in [-0.15, -0.1) is 0 Å². The van der Waals surface area contributed by atoms with Gasteiger partial charge in [-0.1, -0.05) is 23.8 Å². The van der Waals surface area contributed by atoms with Crippen LogP contribution in [-0.2, 0) is 14.3 Å². The molecular weight excluding hydrogens is 192 g/mol. The van der Waals surface area contributed by atoms with Crippen molar-refractivity contribution in [2.45, 2.75) is 19.3 Å². The molecule has 0 aromatic heterocycles. The van der Waals surface area contributed by atoms with Gasteiger partial charge in [-0.25, -0.2) is 0 Å². The summed E-state index contributed by atoms with van der Waals surface area (Å²) in [6.07, 6.45) is 8.88. The van der Waals surface area contributed by atoms with Crippen molar-refractivity contribution in [3.8, 4) is 0 Å². The predicted octanol–water partition coefficient (Wildman–Crippen LogP) is 1.60. The first-order valence-electron chi connectivity index (χ1n) is 5.39. The number of carbonyl (C=O) groups excluding carboxylic acids is 2. The van der Waals surface area contributed by atoms with Crippen molar-refractivity contribution in [1.82, 2.24) is 0 Å². The molecule has 1 saturated carbocycles. The van der Waals surface area contributed by atoms with E-state index in [0.29, 0.717) is 5.92 Å². The van der Waals surface area contributed by atoms with Crippen LogP contribution >= 0.6 is 0 Å². The highest BCUT2D eigenvalue weighted by Crippen LogP contribution is 2.45. The summed E-state index contributed by atoms with van der Waals surface area (Å²) in [5, 5.41) is 0. The van der Waals surface area contributed by atoms with Crippen LogP contribution in [0.15, 0.2) is 23.8 Å². The minimum Gasteiger partial charge on any atom is -0.392 e. The highest BCUT2D eigenvalue weighted by Gasteiger charge is 2.50. The average molecular weight is 204 g/mol. The third kappa shape index (κ3) is 1.19. The highest BCUT2D eigenvalue weighted by molar-refractivity contribution is 5.98. The molecule has 2 aliphatic carbocycles. The Hall–Kier alpha value is -1.38. The summed E-state index contributed by atoms with van der Waals surface area (Å²) in [7, 11) is 0. The maximum absolute atomic E-state index is 11.6. The van der Waals surface area contributed by atoms with Gasteiger partial charge in [0.1, 0.15) is 0 Å². The SMILES string of the molecule is O=C1OC(=O)C2C3=CC=CCC3CCC12. The van der Waals surface area contributed by atoms with Crippen molar-refractivity contribution in [2.24, 2.45) is 17.8 Å². The van der Waals surface area contributed by atoms with Gasteiger partial charge in [0.05, 0.1) is 11.8 Å². The molecular formula is C12H12O3. The van der Waals surface area contributed by atoms with E-state index in [9.17, 15) is 9.59 Å². The number of allylic oxidation sites excluding steroid dienone is 3. The molecule has 3 unspecified atom stereocenters. The van der Waals surface area contributed by atoms with Crippen LogP contribution in [0.25, 0.3) is 0 Å². The van der Waals surface area contributed by atoms with E-state index in [1.165, 1.54) is 0 Å². The number of hydrogen-bond donors (Lipinski definition) is 0. The molecule has 3 rings (SSSR count). The minimum atomic E-state index is -0.337. The van der Waals surface area contributed by atoms with Crippen molar-refractivity contribution in [1.29, 1.82) is 0 Å². The summed E-state index contributed by atoms with van der Waals surface area (Å²) < 4.78 is 4.71. The van der Waals surface area contributed by atoms with Crippen molar-refractivity contribution in [3.05, 3.63) is 23.8 Å². The Bertz CT molecular complexity index is 392. The summed E-state index contributed by atoms with van der Waals surface area (Å²) in [6.45, 7) is 0. The first kappa shape index (κ1) is 8.89. The Morgan fingerprint density at radius 1 is 1.20 bits per heavy atom. The normalized spacial score (nSPS) is 38.1. The van der Waals surface area contributed by atoms with Crippen LogP contribution in [-0.4, -0.2) is 11.9 Å². The zero-order chi connectivity index (χ0) is 10.4. The number of esters is 2. The van der Waals surface area contributed by atoms with E-state index in [1.54, 1.807) is 0 Å². The number of ether oxygens (including phenoxy) is 1. The lowest BCUT2D eigenvalue weighted by molar-refractivity contribution is -0.153. The maximum Gasteiger partial charge on any atom is 0.321 e. The molecule has 1 heterocycles.